The first kappa shape index (κ1) is 12.2. The zero-order valence-electron chi connectivity index (χ0n) is 8.96. The van der Waals surface area contributed by atoms with Gasteiger partial charge in [-0.05, 0) is 6.42 Å². The Kier molecular flexibility index (Phi) is 4.43. The minimum atomic E-state index is -0.564. The second-order valence-electron chi connectivity index (χ2n) is 3.23. The first-order chi connectivity index (χ1) is 7.63. The molecule has 0 aliphatic rings. The maximum atomic E-state index is 11.2. The van der Waals surface area contributed by atoms with Crippen LogP contribution < -0.4 is 0 Å². The molecule has 0 atom stereocenters. The van der Waals surface area contributed by atoms with Crippen LogP contribution in [0.3, 0.4) is 0 Å². The van der Waals surface area contributed by atoms with Crippen LogP contribution in [0.25, 0.3) is 0 Å². The van der Waals surface area contributed by atoms with Crippen molar-refractivity contribution in [3.05, 3.63) is 22.5 Å². The molecule has 0 aromatic carbocycles. The number of hydrogen-bond acceptors (Lipinski definition) is 5. The van der Waals surface area contributed by atoms with Crippen molar-refractivity contribution < 1.29 is 14.5 Å². The average Bonchev–Trinajstić information content (AvgIpc) is 2.66. The number of rotatable bonds is 6. The molecule has 0 aliphatic carbocycles. The average molecular weight is 227 g/mol. The van der Waals surface area contributed by atoms with E-state index in [1.165, 1.54) is 10.9 Å². The number of ether oxygens (including phenoxy) is 1. The monoisotopic (exact) mass is 227 g/mol. The van der Waals surface area contributed by atoms with E-state index in [1.54, 1.807) is 0 Å². The maximum Gasteiger partial charge on any atom is 0.327 e. The van der Waals surface area contributed by atoms with Gasteiger partial charge in [-0.2, -0.15) is 5.10 Å². The Bertz CT molecular complexity index is 375. The van der Waals surface area contributed by atoms with Crippen LogP contribution in [0.15, 0.2) is 12.4 Å². The Labute approximate surface area is 92.2 Å². The quantitative estimate of drug-likeness (QED) is 0.314. The predicted octanol–water partition coefficient (Wildman–Crippen LogP) is 1.13. The Hall–Kier alpha value is -1.92. The highest BCUT2D eigenvalue weighted by Gasteiger charge is 2.11. The largest absolute Gasteiger partial charge is 0.464 e. The summed E-state index contributed by atoms with van der Waals surface area (Å²) in [6.45, 7) is 2.26. The van der Waals surface area contributed by atoms with E-state index in [1.807, 2.05) is 6.92 Å². The molecule has 0 bridgehead atoms. The van der Waals surface area contributed by atoms with Crippen molar-refractivity contribution in [1.82, 2.24) is 9.78 Å². The van der Waals surface area contributed by atoms with E-state index in [0.717, 1.165) is 19.0 Å². The minimum absolute atomic E-state index is 0.0996. The summed E-state index contributed by atoms with van der Waals surface area (Å²) >= 11 is 0. The SMILES string of the molecule is CCCCOC(=O)Cn1cc([N+](=O)[O-])cn1. The van der Waals surface area contributed by atoms with Gasteiger partial charge in [0.1, 0.15) is 18.9 Å². The number of nitro groups is 1. The Morgan fingerprint density at radius 3 is 3.00 bits per heavy atom. The maximum absolute atomic E-state index is 11.2. The van der Waals surface area contributed by atoms with Crippen LogP contribution in [0.1, 0.15) is 19.8 Å². The molecule has 7 heteroatoms. The molecule has 1 heterocycles. The van der Waals surface area contributed by atoms with Crippen molar-refractivity contribution in [3.63, 3.8) is 0 Å². The lowest BCUT2D eigenvalue weighted by molar-refractivity contribution is -0.385. The third-order valence-electron chi connectivity index (χ3n) is 1.88. The Balaban J connectivity index is 2.40. The van der Waals surface area contributed by atoms with E-state index >= 15 is 0 Å². The standard InChI is InChI=1S/C9H13N3O4/c1-2-3-4-16-9(13)7-11-6-8(5-10-11)12(14)15/h5-6H,2-4,7H2,1H3. The topological polar surface area (TPSA) is 87.3 Å². The molecule has 1 aromatic heterocycles. The van der Waals surface area contributed by atoms with E-state index in [9.17, 15) is 14.9 Å². The molecule has 0 saturated heterocycles. The molecule has 1 rings (SSSR count). The lowest BCUT2D eigenvalue weighted by atomic mass is 10.4. The molecule has 0 aliphatic heterocycles. The molecule has 7 nitrogen and oxygen atoms in total. The number of nitrogens with zero attached hydrogens (tertiary/aromatic N) is 3. The normalized spacial score (nSPS) is 10.1. The van der Waals surface area contributed by atoms with Gasteiger partial charge in [0, 0.05) is 0 Å². The highest BCUT2D eigenvalue weighted by Crippen LogP contribution is 2.07. The van der Waals surface area contributed by atoms with Crippen molar-refractivity contribution in [2.45, 2.75) is 26.3 Å². The summed E-state index contributed by atoms with van der Waals surface area (Å²) in [5.74, 6) is -0.438. The molecule has 0 spiro atoms. The van der Waals surface area contributed by atoms with Gasteiger partial charge < -0.3 is 4.74 Å². The molecule has 0 radical (unpaired) electrons. The van der Waals surface area contributed by atoms with Gasteiger partial charge in [-0.1, -0.05) is 13.3 Å². The number of esters is 1. The Morgan fingerprint density at radius 2 is 2.44 bits per heavy atom. The molecule has 88 valence electrons. The summed E-state index contributed by atoms with van der Waals surface area (Å²) in [6, 6.07) is 0. The fourth-order valence-electron chi connectivity index (χ4n) is 1.04. The first-order valence-electron chi connectivity index (χ1n) is 4.96. The lowest BCUT2D eigenvalue weighted by Gasteiger charge is -2.02. The van der Waals surface area contributed by atoms with Crippen LogP contribution in [0.4, 0.5) is 5.69 Å². The van der Waals surface area contributed by atoms with Crippen molar-refractivity contribution in [2.24, 2.45) is 0 Å². The molecule has 0 N–H and O–H groups in total. The summed E-state index contributed by atoms with van der Waals surface area (Å²) < 4.78 is 6.07. The first-order valence-corrected chi connectivity index (χ1v) is 4.96. The van der Waals surface area contributed by atoms with Crippen molar-refractivity contribution in [3.8, 4) is 0 Å². The van der Waals surface area contributed by atoms with Gasteiger partial charge >= 0.3 is 11.7 Å². The molecule has 0 amide bonds. The molecule has 16 heavy (non-hydrogen) atoms. The van der Waals surface area contributed by atoms with E-state index in [2.05, 4.69) is 5.10 Å². The third-order valence-corrected chi connectivity index (χ3v) is 1.88. The zero-order valence-corrected chi connectivity index (χ0v) is 8.96. The minimum Gasteiger partial charge on any atom is -0.464 e. The van der Waals surface area contributed by atoms with Gasteiger partial charge in [0.25, 0.3) is 0 Å². The highest BCUT2D eigenvalue weighted by molar-refractivity contribution is 5.69. The number of unbranched alkanes of at least 4 members (excludes halogenated alkanes) is 1. The summed E-state index contributed by atoms with van der Waals surface area (Å²) in [6.07, 6.45) is 4.05. The third kappa shape index (κ3) is 3.68. The highest BCUT2D eigenvalue weighted by atomic mass is 16.6. The van der Waals surface area contributed by atoms with Crippen LogP contribution in [0, 0.1) is 10.1 Å². The summed E-state index contributed by atoms with van der Waals surface area (Å²) in [5, 5.41) is 14.0. The van der Waals surface area contributed by atoms with Gasteiger partial charge in [0.15, 0.2) is 0 Å². The molecule has 1 aromatic rings. The van der Waals surface area contributed by atoms with E-state index in [0.29, 0.717) is 6.61 Å². The molecule has 0 saturated carbocycles. The van der Waals surface area contributed by atoms with Crippen LogP contribution in [0.5, 0.6) is 0 Å². The summed E-state index contributed by atoms with van der Waals surface area (Å²) in [4.78, 5) is 21.0. The van der Waals surface area contributed by atoms with Crippen molar-refractivity contribution >= 4 is 11.7 Å². The number of hydrogen-bond donors (Lipinski definition) is 0. The number of aromatic nitrogens is 2. The molecular formula is C9H13N3O4. The van der Waals surface area contributed by atoms with Crippen LogP contribution in [-0.4, -0.2) is 27.3 Å². The van der Waals surface area contributed by atoms with Crippen molar-refractivity contribution in [2.75, 3.05) is 6.61 Å². The number of carbonyl (C=O) groups excluding carboxylic acids is 1. The second kappa shape index (κ2) is 5.84. The summed E-state index contributed by atoms with van der Waals surface area (Å²) in [5.41, 5.74) is -0.138. The zero-order chi connectivity index (χ0) is 12.0. The smallest absolute Gasteiger partial charge is 0.327 e. The van der Waals surface area contributed by atoms with E-state index < -0.39 is 10.9 Å². The lowest BCUT2D eigenvalue weighted by Crippen LogP contribution is -2.14. The van der Waals surface area contributed by atoms with Gasteiger partial charge in [-0.3, -0.25) is 19.6 Å². The van der Waals surface area contributed by atoms with Crippen LogP contribution in [0.2, 0.25) is 0 Å². The van der Waals surface area contributed by atoms with Gasteiger partial charge in [-0.15, -0.1) is 0 Å². The van der Waals surface area contributed by atoms with E-state index in [4.69, 9.17) is 4.74 Å². The van der Waals surface area contributed by atoms with Crippen LogP contribution in [-0.2, 0) is 16.1 Å². The van der Waals surface area contributed by atoms with Gasteiger partial charge in [0.2, 0.25) is 0 Å². The number of carbonyl (C=O) groups is 1. The Morgan fingerprint density at radius 1 is 1.69 bits per heavy atom. The predicted molar refractivity (Wildman–Crippen MR) is 54.7 cm³/mol. The van der Waals surface area contributed by atoms with Gasteiger partial charge in [0.05, 0.1) is 11.5 Å². The van der Waals surface area contributed by atoms with Crippen LogP contribution >= 0.6 is 0 Å². The van der Waals surface area contributed by atoms with E-state index in [-0.39, 0.29) is 12.2 Å². The second-order valence-corrected chi connectivity index (χ2v) is 3.23. The van der Waals surface area contributed by atoms with Gasteiger partial charge in [-0.25, -0.2) is 0 Å². The summed E-state index contributed by atoms with van der Waals surface area (Å²) in [7, 11) is 0. The molecular weight excluding hydrogens is 214 g/mol. The fraction of sp³-hybridized carbons (Fsp3) is 0.556. The van der Waals surface area contributed by atoms with Crippen molar-refractivity contribution in [1.29, 1.82) is 0 Å². The fourth-order valence-corrected chi connectivity index (χ4v) is 1.04. The molecule has 0 unspecified atom stereocenters. The molecule has 0 fully saturated rings.